The van der Waals surface area contributed by atoms with Crippen LogP contribution in [-0.4, -0.2) is 18.0 Å². The number of rotatable bonds is 11. The van der Waals surface area contributed by atoms with Gasteiger partial charge in [0.15, 0.2) is 0 Å². The standard InChI is InChI=1S/C15H29ClO2/c1-4-6-8-9-11-14(10-7-5-2)12-18-15(17)13(3)16/h13-14H,4-12H2,1-3H3. The van der Waals surface area contributed by atoms with Crippen LogP contribution in [0.2, 0.25) is 0 Å². The molecule has 0 aromatic rings. The summed E-state index contributed by atoms with van der Waals surface area (Å²) in [6.07, 6.45) is 9.85. The molecule has 108 valence electrons. The molecule has 0 aliphatic carbocycles. The largest absolute Gasteiger partial charge is 0.464 e. The van der Waals surface area contributed by atoms with Gasteiger partial charge in [-0.2, -0.15) is 0 Å². The van der Waals surface area contributed by atoms with Crippen molar-refractivity contribution in [3.63, 3.8) is 0 Å². The Morgan fingerprint density at radius 3 is 2.22 bits per heavy atom. The van der Waals surface area contributed by atoms with Gasteiger partial charge < -0.3 is 4.74 Å². The molecule has 18 heavy (non-hydrogen) atoms. The topological polar surface area (TPSA) is 26.3 Å². The van der Waals surface area contributed by atoms with E-state index >= 15 is 0 Å². The molecular weight excluding hydrogens is 248 g/mol. The maximum atomic E-state index is 11.3. The summed E-state index contributed by atoms with van der Waals surface area (Å²) in [5.41, 5.74) is 0. The van der Waals surface area contributed by atoms with Crippen LogP contribution in [0.4, 0.5) is 0 Å². The lowest BCUT2D eigenvalue weighted by atomic mass is 9.96. The second kappa shape index (κ2) is 11.8. The highest BCUT2D eigenvalue weighted by atomic mass is 35.5. The van der Waals surface area contributed by atoms with E-state index in [0.717, 1.165) is 6.42 Å². The third-order valence-corrected chi connectivity index (χ3v) is 3.40. The summed E-state index contributed by atoms with van der Waals surface area (Å²) < 4.78 is 5.25. The summed E-state index contributed by atoms with van der Waals surface area (Å²) in [6.45, 7) is 6.62. The van der Waals surface area contributed by atoms with Crippen molar-refractivity contribution in [2.24, 2.45) is 5.92 Å². The van der Waals surface area contributed by atoms with E-state index in [1.165, 1.54) is 44.9 Å². The zero-order chi connectivity index (χ0) is 13.8. The van der Waals surface area contributed by atoms with Crippen molar-refractivity contribution >= 4 is 17.6 Å². The molecule has 0 amide bonds. The van der Waals surface area contributed by atoms with Crippen LogP contribution in [0.1, 0.15) is 72.1 Å². The van der Waals surface area contributed by atoms with Crippen molar-refractivity contribution in [1.82, 2.24) is 0 Å². The normalized spacial score (nSPS) is 14.2. The monoisotopic (exact) mass is 276 g/mol. The van der Waals surface area contributed by atoms with E-state index in [2.05, 4.69) is 13.8 Å². The van der Waals surface area contributed by atoms with Gasteiger partial charge >= 0.3 is 5.97 Å². The van der Waals surface area contributed by atoms with E-state index in [1.54, 1.807) is 6.92 Å². The minimum Gasteiger partial charge on any atom is -0.464 e. The van der Waals surface area contributed by atoms with E-state index in [-0.39, 0.29) is 5.97 Å². The van der Waals surface area contributed by atoms with E-state index < -0.39 is 5.38 Å². The number of carbonyl (C=O) groups is 1. The first kappa shape index (κ1) is 17.8. The Labute approximate surface area is 117 Å². The van der Waals surface area contributed by atoms with E-state index in [9.17, 15) is 4.79 Å². The molecule has 0 radical (unpaired) electrons. The molecular formula is C15H29ClO2. The second-order valence-electron chi connectivity index (χ2n) is 5.10. The van der Waals surface area contributed by atoms with Crippen LogP contribution in [0.5, 0.6) is 0 Å². The lowest BCUT2D eigenvalue weighted by molar-refractivity contribution is -0.144. The fraction of sp³-hybridized carbons (Fsp3) is 0.933. The van der Waals surface area contributed by atoms with E-state index in [0.29, 0.717) is 12.5 Å². The number of hydrogen-bond donors (Lipinski definition) is 0. The third-order valence-electron chi connectivity index (χ3n) is 3.22. The highest BCUT2D eigenvalue weighted by Gasteiger charge is 2.14. The number of halogens is 1. The highest BCUT2D eigenvalue weighted by Crippen LogP contribution is 2.18. The molecule has 0 N–H and O–H groups in total. The maximum absolute atomic E-state index is 11.3. The van der Waals surface area contributed by atoms with Crippen molar-refractivity contribution in [3.05, 3.63) is 0 Å². The number of alkyl halides is 1. The van der Waals surface area contributed by atoms with Gasteiger partial charge in [0.1, 0.15) is 5.38 Å². The third kappa shape index (κ3) is 9.76. The first-order chi connectivity index (χ1) is 8.61. The predicted molar refractivity (Wildman–Crippen MR) is 78.0 cm³/mol. The number of unbranched alkanes of at least 4 members (excludes halogenated alkanes) is 4. The van der Waals surface area contributed by atoms with Gasteiger partial charge in [0.25, 0.3) is 0 Å². The molecule has 0 aliphatic heterocycles. The second-order valence-corrected chi connectivity index (χ2v) is 5.76. The maximum Gasteiger partial charge on any atom is 0.323 e. The predicted octanol–water partition coefficient (Wildman–Crippen LogP) is 4.93. The molecule has 0 saturated carbocycles. The summed E-state index contributed by atoms with van der Waals surface area (Å²) in [4.78, 5) is 11.3. The number of ether oxygens (including phenoxy) is 1. The van der Waals surface area contributed by atoms with Crippen LogP contribution >= 0.6 is 11.6 Å². The highest BCUT2D eigenvalue weighted by molar-refractivity contribution is 6.29. The van der Waals surface area contributed by atoms with Crippen LogP contribution in [0, 0.1) is 5.92 Å². The minimum absolute atomic E-state index is 0.285. The van der Waals surface area contributed by atoms with Crippen molar-refractivity contribution in [1.29, 1.82) is 0 Å². The van der Waals surface area contributed by atoms with Gasteiger partial charge in [-0.3, -0.25) is 4.79 Å². The molecule has 2 nitrogen and oxygen atoms in total. The lowest BCUT2D eigenvalue weighted by Gasteiger charge is -2.17. The molecule has 0 bridgehead atoms. The van der Waals surface area contributed by atoms with Gasteiger partial charge in [-0.25, -0.2) is 0 Å². The molecule has 0 aromatic heterocycles. The quantitative estimate of drug-likeness (QED) is 0.304. The van der Waals surface area contributed by atoms with Gasteiger partial charge in [0.2, 0.25) is 0 Å². The molecule has 0 aromatic carbocycles. The van der Waals surface area contributed by atoms with Gasteiger partial charge in [0, 0.05) is 0 Å². The van der Waals surface area contributed by atoms with Crippen molar-refractivity contribution in [2.75, 3.05) is 6.61 Å². The Bertz CT molecular complexity index is 205. The molecule has 0 rings (SSSR count). The average molecular weight is 277 g/mol. The Morgan fingerprint density at radius 2 is 1.67 bits per heavy atom. The number of hydrogen-bond acceptors (Lipinski definition) is 2. The lowest BCUT2D eigenvalue weighted by Crippen LogP contribution is -2.19. The summed E-state index contributed by atoms with van der Waals surface area (Å²) in [5, 5.41) is -0.531. The molecule has 0 aliphatic rings. The zero-order valence-corrected chi connectivity index (χ0v) is 13.0. The molecule has 2 unspecified atom stereocenters. The molecule has 0 spiro atoms. The van der Waals surface area contributed by atoms with Gasteiger partial charge in [-0.05, 0) is 25.7 Å². The van der Waals surface area contributed by atoms with Gasteiger partial charge in [-0.1, -0.05) is 52.4 Å². The van der Waals surface area contributed by atoms with Gasteiger partial charge in [-0.15, -0.1) is 11.6 Å². The average Bonchev–Trinajstić information content (AvgIpc) is 2.36. The Balaban J connectivity index is 3.86. The molecule has 2 atom stereocenters. The summed E-state index contributed by atoms with van der Waals surface area (Å²) in [7, 11) is 0. The van der Waals surface area contributed by atoms with Crippen molar-refractivity contribution in [3.8, 4) is 0 Å². The Kier molecular flexibility index (Phi) is 11.7. The van der Waals surface area contributed by atoms with Gasteiger partial charge in [0.05, 0.1) is 6.61 Å². The summed E-state index contributed by atoms with van der Waals surface area (Å²) in [6, 6.07) is 0. The van der Waals surface area contributed by atoms with E-state index in [1.807, 2.05) is 0 Å². The number of carbonyl (C=O) groups excluding carboxylic acids is 1. The Morgan fingerprint density at radius 1 is 1.06 bits per heavy atom. The first-order valence-electron chi connectivity index (χ1n) is 7.42. The smallest absolute Gasteiger partial charge is 0.323 e. The van der Waals surface area contributed by atoms with Crippen molar-refractivity contribution in [2.45, 2.75) is 77.5 Å². The fourth-order valence-electron chi connectivity index (χ4n) is 1.98. The Hall–Kier alpha value is -0.240. The van der Waals surface area contributed by atoms with Crippen LogP contribution < -0.4 is 0 Å². The van der Waals surface area contributed by atoms with E-state index in [4.69, 9.17) is 16.3 Å². The summed E-state index contributed by atoms with van der Waals surface area (Å²) in [5.74, 6) is 0.230. The SMILES string of the molecule is CCCCCCC(CCCC)COC(=O)C(C)Cl. The number of esters is 1. The van der Waals surface area contributed by atoms with Crippen molar-refractivity contribution < 1.29 is 9.53 Å². The molecule has 0 heterocycles. The first-order valence-corrected chi connectivity index (χ1v) is 7.86. The summed E-state index contributed by atoms with van der Waals surface area (Å²) >= 11 is 5.69. The van der Waals surface area contributed by atoms with Crippen LogP contribution in [0.3, 0.4) is 0 Å². The van der Waals surface area contributed by atoms with Crippen LogP contribution in [0.25, 0.3) is 0 Å². The molecule has 3 heteroatoms. The van der Waals surface area contributed by atoms with Crippen LogP contribution in [-0.2, 0) is 9.53 Å². The molecule has 0 fully saturated rings. The minimum atomic E-state index is -0.531. The fourth-order valence-corrected chi connectivity index (χ4v) is 2.04. The van der Waals surface area contributed by atoms with Crippen LogP contribution in [0.15, 0.2) is 0 Å². The zero-order valence-electron chi connectivity index (χ0n) is 12.2. The molecule has 0 saturated heterocycles.